The van der Waals surface area contributed by atoms with E-state index in [1.807, 2.05) is 36.1 Å². The lowest BCUT2D eigenvalue weighted by atomic mass is 9.73. The van der Waals surface area contributed by atoms with Crippen LogP contribution in [0, 0.1) is 19.8 Å². The molecule has 0 atom stereocenters. The van der Waals surface area contributed by atoms with Gasteiger partial charge in [0.05, 0.1) is 0 Å². The molecule has 5 rings (SSSR count). The summed E-state index contributed by atoms with van der Waals surface area (Å²) in [4.78, 5) is 23.7. The summed E-state index contributed by atoms with van der Waals surface area (Å²) in [5.41, 5.74) is 3.89. The van der Waals surface area contributed by atoms with Gasteiger partial charge in [0.15, 0.2) is 5.82 Å². The normalized spacial score (nSPS) is 17.9. The molecular weight excluding hydrogens is 402 g/mol. The topological polar surface area (TPSA) is 84.2 Å². The number of carbonyl (C=O) groups excluding carboxylic acids is 1. The van der Waals surface area contributed by atoms with Crippen molar-refractivity contribution in [1.29, 1.82) is 0 Å². The highest BCUT2D eigenvalue weighted by molar-refractivity contribution is 5.90. The molecule has 7 nitrogen and oxygen atoms in total. The Balaban J connectivity index is 1.30. The van der Waals surface area contributed by atoms with Crippen molar-refractivity contribution in [2.24, 2.45) is 5.92 Å². The molecule has 3 heterocycles. The van der Waals surface area contributed by atoms with Crippen LogP contribution in [0.3, 0.4) is 0 Å². The Kier molecular flexibility index (Phi) is 5.41. The van der Waals surface area contributed by atoms with Crippen molar-refractivity contribution in [3.05, 3.63) is 59.7 Å². The number of amides is 2. The smallest absolute Gasteiger partial charge is 0.321 e. The van der Waals surface area contributed by atoms with Gasteiger partial charge in [-0.3, -0.25) is 4.98 Å². The van der Waals surface area contributed by atoms with Gasteiger partial charge in [0.2, 0.25) is 0 Å². The van der Waals surface area contributed by atoms with Crippen molar-refractivity contribution in [3.8, 4) is 11.5 Å². The maximum Gasteiger partial charge on any atom is 0.321 e. The summed E-state index contributed by atoms with van der Waals surface area (Å²) in [6, 6.07) is 9.81. The van der Waals surface area contributed by atoms with E-state index in [0.717, 1.165) is 47.8 Å². The second-order valence-corrected chi connectivity index (χ2v) is 9.32. The summed E-state index contributed by atoms with van der Waals surface area (Å²) < 4.78 is 5.63. The predicted molar refractivity (Wildman–Crippen MR) is 122 cm³/mol. The number of nitrogens with zero attached hydrogens (tertiary/aromatic N) is 4. The summed E-state index contributed by atoms with van der Waals surface area (Å²) >= 11 is 0. The number of urea groups is 1. The number of hydrogen-bond acceptors (Lipinski definition) is 5. The van der Waals surface area contributed by atoms with Gasteiger partial charge < -0.3 is 14.7 Å². The summed E-state index contributed by atoms with van der Waals surface area (Å²) in [6.45, 7) is 5.45. The van der Waals surface area contributed by atoms with Gasteiger partial charge in [0, 0.05) is 42.1 Å². The molecule has 1 saturated heterocycles. The molecule has 1 aromatic carbocycles. The summed E-state index contributed by atoms with van der Waals surface area (Å²) in [5.74, 6) is 2.05. The molecule has 0 radical (unpaired) electrons. The van der Waals surface area contributed by atoms with E-state index in [-0.39, 0.29) is 11.4 Å². The number of piperidine rings is 1. The van der Waals surface area contributed by atoms with E-state index in [1.54, 1.807) is 12.4 Å². The van der Waals surface area contributed by atoms with E-state index in [4.69, 9.17) is 9.51 Å². The molecule has 32 heavy (non-hydrogen) atoms. The Morgan fingerprint density at radius 2 is 1.91 bits per heavy atom. The zero-order valence-corrected chi connectivity index (χ0v) is 18.7. The summed E-state index contributed by atoms with van der Waals surface area (Å²) in [6.07, 6.45) is 8.76. The summed E-state index contributed by atoms with van der Waals surface area (Å²) in [5, 5.41) is 7.49. The van der Waals surface area contributed by atoms with Gasteiger partial charge in [0.1, 0.15) is 0 Å². The Morgan fingerprint density at radius 1 is 1.16 bits per heavy atom. The molecular formula is C25H29N5O2. The fourth-order valence-electron chi connectivity index (χ4n) is 4.73. The highest BCUT2D eigenvalue weighted by atomic mass is 16.5. The van der Waals surface area contributed by atoms with E-state index in [9.17, 15) is 4.79 Å². The number of aromatic nitrogens is 3. The summed E-state index contributed by atoms with van der Waals surface area (Å²) in [7, 11) is 0. The number of aryl methyl sites for hydroxylation is 2. The SMILES string of the molecule is Cc1ccc(NC(=O)N2CCC(CC3CC3)(c3noc(-c4ccncc4)n3)CC2)c(C)c1. The number of nitrogens with one attached hydrogen (secondary N) is 1. The van der Waals surface area contributed by atoms with E-state index < -0.39 is 0 Å². The van der Waals surface area contributed by atoms with Gasteiger partial charge >= 0.3 is 6.03 Å². The fourth-order valence-corrected chi connectivity index (χ4v) is 4.73. The van der Waals surface area contributed by atoms with Crippen molar-refractivity contribution in [2.75, 3.05) is 18.4 Å². The first-order valence-electron chi connectivity index (χ1n) is 11.4. The first-order valence-corrected chi connectivity index (χ1v) is 11.4. The average molecular weight is 432 g/mol. The number of anilines is 1. The predicted octanol–water partition coefficient (Wildman–Crippen LogP) is 5.11. The first-order chi connectivity index (χ1) is 15.5. The number of benzene rings is 1. The third-order valence-electron chi connectivity index (χ3n) is 6.84. The van der Waals surface area contributed by atoms with Crippen LogP contribution in [0.5, 0.6) is 0 Å². The first kappa shape index (κ1) is 20.7. The third-order valence-corrected chi connectivity index (χ3v) is 6.84. The maximum atomic E-state index is 12.9. The van der Waals surface area contributed by atoms with Crippen molar-refractivity contribution < 1.29 is 9.32 Å². The molecule has 3 aromatic rings. The minimum absolute atomic E-state index is 0.0393. The van der Waals surface area contributed by atoms with Crippen molar-refractivity contribution in [3.63, 3.8) is 0 Å². The van der Waals surface area contributed by atoms with E-state index in [1.165, 1.54) is 18.4 Å². The molecule has 2 aromatic heterocycles. The third kappa shape index (κ3) is 4.24. The minimum Gasteiger partial charge on any atom is -0.334 e. The van der Waals surface area contributed by atoms with Crippen LogP contribution in [0.4, 0.5) is 10.5 Å². The molecule has 2 fully saturated rings. The van der Waals surface area contributed by atoms with Crippen LogP contribution in [0.2, 0.25) is 0 Å². The largest absolute Gasteiger partial charge is 0.334 e. The Labute approximate surface area is 188 Å². The van der Waals surface area contributed by atoms with Crippen LogP contribution in [0.1, 0.15) is 49.1 Å². The number of rotatable bonds is 5. The van der Waals surface area contributed by atoms with Gasteiger partial charge in [-0.1, -0.05) is 35.7 Å². The quantitative estimate of drug-likeness (QED) is 0.606. The zero-order valence-electron chi connectivity index (χ0n) is 18.7. The van der Waals surface area contributed by atoms with Crippen LogP contribution < -0.4 is 5.32 Å². The molecule has 0 spiro atoms. The molecule has 1 saturated carbocycles. The van der Waals surface area contributed by atoms with E-state index in [2.05, 4.69) is 28.4 Å². The molecule has 0 unspecified atom stereocenters. The Bertz CT molecular complexity index is 1100. The van der Waals surface area contributed by atoms with Crippen molar-refractivity contribution in [2.45, 2.75) is 51.4 Å². The number of hydrogen-bond donors (Lipinski definition) is 1. The van der Waals surface area contributed by atoms with Gasteiger partial charge in [0.25, 0.3) is 5.89 Å². The monoisotopic (exact) mass is 431 g/mol. The fraction of sp³-hybridized carbons (Fsp3) is 0.440. The Morgan fingerprint density at radius 3 is 2.59 bits per heavy atom. The lowest BCUT2D eigenvalue weighted by Gasteiger charge is -2.40. The standard InChI is InChI=1S/C25H29N5O2/c1-17-3-6-21(18(2)15-17)27-24(31)30-13-9-25(10-14-30,16-19-4-5-19)23-28-22(32-29-23)20-7-11-26-12-8-20/h3,6-8,11-12,15,19H,4-5,9-10,13-14,16H2,1-2H3,(H,27,31). The van der Waals surface area contributed by atoms with Gasteiger partial charge in [-0.15, -0.1) is 0 Å². The highest BCUT2D eigenvalue weighted by Gasteiger charge is 2.44. The average Bonchev–Trinajstić information content (AvgIpc) is 3.46. The molecule has 166 valence electrons. The molecule has 2 amide bonds. The minimum atomic E-state index is -0.132. The molecule has 1 aliphatic carbocycles. The highest BCUT2D eigenvalue weighted by Crippen LogP contribution is 2.46. The number of carbonyl (C=O) groups is 1. The van der Waals surface area contributed by atoms with Crippen LogP contribution in [0.15, 0.2) is 47.2 Å². The van der Waals surface area contributed by atoms with Gasteiger partial charge in [-0.25, -0.2) is 4.79 Å². The molecule has 2 aliphatic rings. The van der Waals surface area contributed by atoms with Crippen LogP contribution in [0.25, 0.3) is 11.5 Å². The molecule has 0 bridgehead atoms. The van der Waals surface area contributed by atoms with Crippen LogP contribution >= 0.6 is 0 Å². The molecule has 1 aliphatic heterocycles. The molecule has 7 heteroatoms. The van der Waals surface area contributed by atoms with E-state index in [0.29, 0.717) is 19.0 Å². The number of pyridine rings is 1. The van der Waals surface area contributed by atoms with E-state index >= 15 is 0 Å². The lowest BCUT2D eigenvalue weighted by Crippen LogP contribution is -2.47. The zero-order chi connectivity index (χ0) is 22.1. The second-order valence-electron chi connectivity index (χ2n) is 9.32. The second kappa shape index (κ2) is 8.37. The van der Waals surface area contributed by atoms with Crippen molar-refractivity contribution in [1.82, 2.24) is 20.0 Å². The number of likely N-dealkylation sites (tertiary alicyclic amines) is 1. The van der Waals surface area contributed by atoms with Gasteiger partial charge in [-0.2, -0.15) is 4.98 Å². The van der Waals surface area contributed by atoms with Gasteiger partial charge in [-0.05, 0) is 62.8 Å². The maximum absolute atomic E-state index is 12.9. The lowest BCUT2D eigenvalue weighted by molar-refractivity contribution is 0.153. The van der Waals surface area contributed by atoms with Crippen molar-refractivity contribution >= 4 is 11.7 Å². The van der Waals surface area contributed by atoms with Crippen LogP contribution in [-0.4, -0.2) is 39.1 Å². The van der Waals surface area contributed by atoms with Crippen LogP contribution in [-0.2, 0) is 5.41 Å². The molecule has 1 N–H and O–H groups in total. The Hall–Kier alpha value is -3.22.